The van der Waals surface area contributed by atoms with Crippen molar-refractivity contribution >= 4 is 0 Å². The third-order valence-corrected chi connectivity index (χ3v) is 1.85. The molecule has 0 unspecified atom stereocenters. The fraction of sp³-hybridized carbons (Fsp3) is 0.200. The van der Waals surface area contributed by atoms with Crippen LogP contribution in [0.5, 0.6) is 0 Å². The molecule has 0 fully saturated rings. The lowest BCUT2D eigenvalue weighted by Crippen LogP contribution is -2.18. The summed E-state index contributed by atoms with van der Waals surface area (Å²) in [5.41, 5.74) is 0.266. The van der Waals surface area contributed by atoms with Gasteiger partial charge in [0.25, 0.3) is 0 Å². The van der Waals surface area contributed by atoms with Gasteiger partial charge in [-0.25, -0.2) is 0 Å². The first-order valence-corrected chi connectivity index (χ1v) is 3.86. The van der Waals surface area contributed by atoms with Crippen LogP contribution in [0.3, 0.4) is 0 Å². The number of nitriles is 1. The second-order valence-corrected chi connectivity index (χ2v) is 2.82. The third kappa shape index (κ3) is 2.19. The highest BCUT2D eigenvalue weighted by atomic mass is 19.4. The van der Waals surface area contributed by atoms with Crippen LogP contribution in [0, 0.1) is 17.2 Å². The summed E-state index contributed by atoms with van der Waals surface area (Å²) in [5.74, 6) is -0.686. The van der Waals surface area contributed by atoms with Crippen molar-refractivity contribution in [3.63, 3.8) is 0 Å². The van der Waals surface area contributed by atoms with Gasteiger partial charge in [-0.2, -0.15) is 30.1 Å². The molecule has 0 saturated heterocycles. The molecule has 0 aromatic heterocycles. The number of alkyl halides is 3. The van der Waals surface area contributed by atoms with Gasteiger partial charge in [0, 0.05) is 0 Å². The number of nitrogens with zero attached hydrogens (tertiary/aromatic N) is 1. The summed E-state index contributed by atoms with van der Waals surface area (Å²) in [6, 6.07) is 7.25. The fourth-order valence-corrected chi connectivity index (χ4v) is 0.986. The number of halogens is 3. The molecule has 1 aromatic carbocycles. The van der Waals surface area contributed by atoms with E-state index in [-0.39, 0.29) is 11.1 Å². The molecule has 0 saturated carbocycles. The Morgan fingerprint density at radius 3 is 2.50 bits per heavy atom. The smallest absolute Gasteiger partial charge is 0.194 e. The molecule has 0 heterocycles. The van der Waals surface area contributed by atoms with Crippen LogP contribution in [-0.4, -0.2) is 6.18 Å². The molecule has 0 radical (unpaired) electrons. The molecule has 0 bridgehead atoms. The van der Waals surface area contributed by atoms with Crippen LogP contribution in [-0.2, 0) is 0 Å². The zero-order valence-electron chi connectivity index (χ0n) is 7.39. The maximum absolute atomic E-state index is 12.3. The molecule has 0 aliphatic heterocycles. The Morgan fingerprint density at radius 2 is 2.00 bits per heavy atom. The van der Waals surface area contributed by atoms with Gasteiger partial charge in [-0.15, -0.1) is 12.1 Å². The molecular formula is C10H7F3N-. The first kappa shape index (κ1) is 10.5. The molecule has 0 aliphatic carbocycles. The lowest BCUT2D eigenvalue weighted by atomic mass is 9.99. The number of hydrogen-bond acceptors (Lipinski definition) is 1. The average molecular weight is 198 g/mol. The van der Waals surface area contributed by atoms with E-state index in [1.54, 1.807) is 6.07 Å². The van der Waals surface area contributed by atoms with Crippen molar-refractivity contribution in [2.45, 2.75) is 13.1 Å². The van der Waals surface area contributed by atoms with Gasteiger partial charge < -0.3 is 0 Å². The van der Waals surface area contributed by atoms with Crippen LogP contribution in [0.2, 0.25) is 0 Å². The van der Waals surface area contributed by atoms with Gasteiger partial charge in [-0.3, -0.25) is 0 Å². The fourth-order valence-electron chi connectivity index (χ4n) is 0.986. The number of rotatable bonds is 1. The Morgan fingerprint density at radius 1 is 1.36 bits per heavy atom. The van der Waals surface area contributed by atoms with E-state index >= 15 is 0 Å². The lowest BCUT2D eigenvalue weighted by molar-refractivity contribution is -0.108. The topological polar surface area (TPSA) is 23.8 Å². The van der Waals surface area contributed by atoms with Crippen LogP contribution in [0.1, 0.15) is 18.1 Å². The summed E-state index contributed by atoms with van der Waals surface area (Å²) in [5, 5.41) is 8.51. The minimum absolute atomic E-state index is 0.0385. The zero-order valence-corrected chi connectivity index (χ0v) is 7.39. The summed E-state index contributed by atoms with van der Waals surface area (Å²) in [4.78, 5) is 0. The molecule has 14 heavy (non-hydrogen) atoms. The van der Waals surface area contributed by atoms with Gasteiger partial charge in [0.15, 0.2) is 0 Å². The van der Waals surface area contributed by atoms with Crippen LogP contribution in [0.15, 0.2) is 24.3 Å². The van der Waals surface area contributed by atoms with Crippen LogP contribution >= 0.6 is 0 Å². The Kier molecular flexibility index (Phi) is 2.70. The van der Waals surface area contributed by atoms with Gasteiger partial charge in [-0.1, -0.05) is 18.9 Å². The maximum Gasteiger partial charge on any atom is 0.367 e. The minimum Gasteiger partial charge on any atom is -0.194 e. The molecule has 74 valence electrons. The standard InChI is InChI=1S/C10H7F3N/c1-7(10(11,12)13)9-4-2-3-8(5-9)6-14/h2-5H,1H3/q-1. The number of hydrogen-bond donors (Lipinski definition) is 0. The van der Waals surface area contributed by atoms with Gasteiger partial charge in [-0.05, 0) is 5.56 Å². The zero-order chi connectivity index (χ0) is 10.8. The second kappa shape index (κ2) is 3.62. The van der Waals surface area contributed by atoms with Crippen molar-refractivity contribution in [1.82, 2.24) is 0 Å². The Hall–Kier alpha value is -1.63. The molecule has 0 spiro atoms. The molecule has 4 heteroatoms. The van der Waals surface area contributed by atoms with E-state index in [1.165, 1.54) is 24.3 Å². The normalized spacial score (nSPS) is 10.8. The average Bonchev–Trinajstić information content (AvgIpc) is 2.15. The van der Waals surface area contributed by atoms with E-state index in [1.807, 2.05) is 0 Å². The van der Waals surface area contributed by atoms with E-state index < -0.39 is 12.1 Å². The SMILES string of the molecule is C[C-](c1cccc(C#N)c1)C(F)(F)F. The third-order valence-electron chi connectivity index (χ3n) is 1.85. The first-order chi connectivity index (χ1) is 6.45. The van der Waals surface area contributed by atoms with Crippen LogP contribution in [0.25, 0.3) is 0 Å². The van der Waals surface area contributed by atoms with Crippen molar-refractivity contribution in [1.29, 1.82) is 5.26 Å². The largest absolute Gasteiger partial charge is 0.367 e. The second-order valence-electron chi connectivity index (χ2n) is 2.82. The summed E-state index contributed by atoms with van der Waals surface area (Å²) in [7, 11) is 0. The van der Waals surface area contributed by atoms with Crippen molar-refractivity contribution < 1.29 is 13.2 Å². The van der Waals surface area contributed by atoms with Crippen LogP contribution < -0.4 is 0 Å². The van der Waals surface area contributed by atoms with Gasteiger partial charge in [0.2, 0.25) is 0 Å². The Balaban J connectivity index is 3.03. The van der Waals surface area contributed by atoms with E-state index in [9.17, 15) is 13.2 Å². The van der Waals surface area contributed by atoms with E-state index in [2.05, 4.69) is 0 Å². The highest BCUT2D eigenvalue weighted by Gasteiger charge is 2.30. The predicted octanol–water partition coefficient (Wildman–Crippen LogP) is 3.06. The summed E-state index contributed by atoms with van der Waals surface area (Å²) >= 11 is 0. The van der Waals surface area contributed by atoms with Gasteiger partial charge in [0.05, 0.1) is 6.07 Å². The van der Waals surface area contributed by atoms with Gasteiger partial charge >= 0.3 is 6.18 Å². The monoisotopic (exact) mass is 198 g/mol. The molecule has 0 atom stereocenters. The highest BCUT2D eigenvalue weighted by molar-refractivity contribution is 5.40. The number of benzene rings is 1. The van der Waals surface area contributed by atoms with Crippen molar-refractivity contribution in [2.75, 3.05) is 0 Å². The molecule has 0 aliphatic rings. The molecule has 1 nitrogen and oxygen atoms in total. The minimum atomic E-state index is -4.34. The molecule has 1 aromatic rings. The molecular weight excluding hydrogens is 191 g/mol. The molecule has 0 amide bonds. The van der Waals surface area contributed by atoms with Crippen molar-refractivity contribution in [3.05, 3.63) is 41.3 Å². The van der Waals surface area contributed by atoms with E-state index in [0.29, 0.717) is 0 Å². The van der Waals surface area contributed by atoms with Crippen molar-refractivity contribution in [3.8, 4) is 6.07 Å². The predicted molar refractivity (Wildman–Crippen MR) is 45.2 cm³/mol. The molecule has 0 N–H and O–H groups in total. The Labute approximate surface area is 79.8 Å². The van der Waals surface area contributed by atoms with E-state index in [4.69, 9.17) is 5.26 Å². The van der Waals surface area contributed by atoms with Crippen LogP contribution in [0.4, 0.5) is 13.2 Å². The van der Waals surface area contributed by atoms with E-state index in [0.717, 1.165) is 6.92 Å². The van der Waals surface area contributed by atoms with Gasteiger partial charge in [0.1, 0.15) is 0 Å². The quantitative estimate of drug-likeness (QED) is 0.636. The summed E-state index contributed by atoms with van der Waals surface area (Å²) in [6.45, 7) is 0.997. The first-order valence-electron chi connectivity index (χ1n) is 3.86. The lowest BCUT2D eigenvalue weighted by Gasteiger charge is -2.23. The maximum atomic E-state index is 12.3. The highest BCUT2D eigenvalue weighted by Crippen LogP contribution is 2.33. The summed E-state index contributed by atoms with van der Waals surface area (Å²) in [6.07, 6.45) is -4.34. The molecule has 1 rings (SSSR count). The Bertz CT molecular complexity index is 362. The van der Waals surface area contributed by atoms with Crippen molar-refractivity contribution in [2.24, 2.45) is 0 Å². The summed E-state index contributed by atoms with van der Waals surface area (Å²) < 4.78 is 36.8.